The molecule has 1 saturated heterocycles. The number of halogens is 3. The summed E-state index contributed by atoms with van der Waals surface area (Å²) in [5, 5.41) is 6.66. The quantitative estimate of drug-likeness (QED) is 0.349. The maximum atomic E-state index is 14.0. The number of guanidine groups is 1. The first-order valence-electron chi connectivity index (χ1n) is 9.35. The van der Waals surface area contributed by atoms with Crippen molar-refractivity contribution in [3.05, 3.63) is 54.0 Å². The number of rotatable bonds is 6. The van der Waals surface area contributed by atoms with Crippen LogP contribution in [0.1, 0.15) is 18.2 Å². The van der Waals surface area contributed by atoms with Crippen LogP contribution >= 0.6 is 24.0 Å². The summed E-state index contributed by atoms with van der Waals surface area (Å²) >= 11 is 0. The lowest BCUT2D eigenvalue weighted by atomic mass is 10.2. The van der Waals surface area contributed by atoms with Crippen molar-refractivity contribution in [2.75, 3.05) is 45.7 Å². The summed E-state index contributed by atoms with van der Waals surface area (Å²) in [5.74, 6) is 0.458. The number of likely N-dealkylation sites (N-methyl/N-ethyl adjacent to an activating group) is 1. The molecule has 1 aliphatic heterocycles. The molecule has 3 rings (SSSR count). The van der Waals surface area contributed by atoms with E-state index in [9.17, 15) is 8.78 Å². The average Bonchev–Trinajstić information content (AvgIpc) is 3.33. The molecule has 2 atom stereocenters. The van der Waals surface area contributed by atoms with Crippen molar-refractivity contribution in [2.24, 2.45) is 4.99 Å². The molecule has 2 aromatic rings. The van der Waals surface area contributed by atoms with Crippen molar-refractivity contribution >= 4 is 35.6 Å². The van der Waals surface area contributed by atoms with Crippen molar-refractivity contribution < 1.29 is 13.2 Å². The monoisotopic (exact) mass is 519 g/mol. The van der Waals surface area contributed by atoms with E-state index < -0.39 is 11.6 Å². The number of nitrogens with zero attached hydrogens (tertiary/aromatic N) is 3. The fourth-order valence-corrected chi connectivity index (χ4v) is 3.47. The lowest BCUT2D eigenvalue weighted by molar-refractivity contribution is 0.258. The summed E-state index contributed by atoms with van der Waals surface area (Å²) in [6, 6.07) is 7.87. The second-order valence-electron chi connectivity index (χ2n) is 7.09. The van der Waals surface area contributed by atoms with E-state index in [2.05, 4.69) is 20.5 Å². The zero-order valence-corrected chi connectivity index (χ0v) is 19.2. The van der Waals surface area contributed by atoms with E-state index in [0.29, 0.717) is 25.6 Å². The van der Waals surface area contributed by atoms with E-state index in [0.717, 1.165) is 12.2 Å². The highest BCUT2D eigenvalue weighted by atomic mass is 127. The summed E-state index contributed by atoms with van der Waals surface area (Å²) in [6.07, 6.45) is 2.43. The molecule has 2 heterocycles. The van der Waals surface area contributed by atoms with Crippen LogP contribution in [0.4, 0.5) is 14.5 Å². The van der Waals surface area contributed by atoms with Gasteiger partial charge in [0.2, 0.25) is 0 Å². The Balaban J connectivity index is 0.00000300. The maximum absolute atomic E-state index is 14.0. The predicted molar refractivity (Wildman–Crippen MR) is 122 cm³/mol. The fourth-order valence-electron chi connectivity index (χ4n) is 3.47. The lowest BCUT2D eigenvalue weighted by Crippen LogP contribution is -2.46. The molecule has 1 fully saturated rings. The van der Waals surface area contributed by atoms with Crippen molar-refractivity contribution in [3.63, 3.8) is 0 Å². The number of furan rings is 1. The third kappa shape index (κ3) is 5.81. The van der Waals surface area contributed by atoms with Crippen LogP contribution in [0.15, 0.2) is 46.0 Å². The van der Waals surface area contributed by atoms with Crippen molar-refractivity contribution in [1.82, 2.24) is 15.5 Å². The SMILES string of the molecule is CN=C(NCC(c1ccco1)N(C)C)NC1CCN(c2c(F)cccc2F)C1.I. The van der Waals surface area contributed by atoms with Gasteiger partial charge in [0.05, 0.1) is 12.3 Å². The van der Waals surface area contributed by atoms with Gasteiger partial charge in [-0.15, -0.1) is 24.0 Å². The van der Waals surface area contributed by atoms with E-state index in [1.54, 1.807) is 18.2 Å². The summed E-state index contributed by atoms with van der Waals surface area (Å²) in [6.45, 7) is 1.70. The van der Waals surface area contributed by atoms with Gasteiger partial charge in [-0.2, -0.15) is 0 Å². The second kappa shape index (κ2) is 10.8. The number of hydrogen-bond acceptors (Lipinski definition) is 4. The van der Waals surface area contributed by atoms with Crippen molar-refractivity contribution in [1.29, 1.82) is 0 Å². The average molecular weight is 519 g/mol. The smallest absolute Gasteiger partial charge is 0.191 e. The molecule has 160 valence electrons. The van der Waals surface area contributed by atoms with Gasteiger partial charge in [-0.05, 0) is 44.8 Å². The molecule has 2 N–H and O–H groups in total. The molecule has 0 aliphatic carbocycles. The first-order valence-corrected chi connectivity index (χ1v) is 9.35. The number of aliphatic imine (C=N–C) groups is 1. The van der Waals surface area contributed by atoms with Crippen LogP contribution in [-0.2, 0) is 0 Å². The van der Waals surface area contributed by atoms with E-state index >= 15 is 0 Å². The third-order valence-electron chi connectivity index (χ3n) is 4.96. The Hall–Kier alpha value is -1.88. The maximum Gasteiger partial charge on any atom is 0.191 e. The second-order valence-corrected chi connectivity index (χ2v) is 7.09. The summed E-state index contributed by atoms with van der Waals surface area (Å²) < 4.78 is 33.6. The minimum absolute atomic E-state index is 0. The van der Waals surface area contributed by atoms with Crippen LogP contribution in [0.25, 0.3) is 0 Å². The molecular formula is C20H28F2IN5O. The Kier molecular flexibility index (Phi) is 8.69. The van der Waals surface area contributed by atoms with Crippen LogP contribution in [0.2, 0.25) is 0 Å². The zero-order chi connectivity index (χ0) is 20.1. The zero-order valence-electron chi connectivity index (χ0n) is 16.9. The van der Waals surface area contributed by atoms with Gasteiger partial charge in [0.15, 0.2) is 5.96 Å². The van der Waals surface area contributed by atoms with Crippen molar-refractivity contribution in [2.45, 2.75) is 18.5 Å². The van der Waals surface area contributed by atoms with Gasteiger partial charge in [-0.1, -0.05) is 6.07 Å². The van der Waals surface area contributed by atoms with Gasteiger partial charge in [0, 0.05) is 32.7 Å². The van der Waals surface area contributed by atoms with Gasteiger partial charge in [0.25, 0.3) is 0 Å². The van der Waals surface area contributed by atoms with Gasteiger partial charge < -0.3 is 20.0 Å². The van der Waals surface area contributed by atoms with E-state index in [1.165, 1.54) is 18.2 Å². The Labute approximate surface area is 187 Å². The van der Waals surface area contributed by atoms with Gasteiger partial charge in [-0.3, -0.25) is 9.89 Å². The normalized spacial score (nSPS) is 17.9. The Morgan fingerprint density at radius 3 is 2.59 bits per heavy atom. The first-order chi connectivity index (χ1) is 13.5. The van der Waals surface area contributed by atoms with E-state index in [-0.39, 0.29) is 41.7 Å². The highest BCUT2D eigenvalue weighted by Gasteiger charge is 2.27. The molecular weight excluding hydrogens is 491 g/mol. The summed E-state index contributed by atoms with van der Waals surface area (Å²) in [5.41, 5.74) is 0.0419. The van der Waals surface area contributed by atoms with Crippen LogP contribution in [0, 0.1) is 11.6 Å². The third-order valence-corrected chi connectivity index (χ3v) is 4.96. The van der Waals surface area contributed by atoms with Gasteiger partial charge in [0.1, 0.15) is 23.1 Å². The molecule has 0 saturated carbocycles. The molecule has 2 unspecified atom stereocenters. The molecule has 0 spiro atoms. The molecule has 1 aromatic carbocycles. The Bertz CT molecular complexity index is 780. The van der Waals surface area contributed by atoms with Gasteiger partial charge >= 0.3 is 0 Å². The highest BCUT2D eigenvalue weighted by molar-refractivity contribution is 14.0. The summed E-state index contributed by atoms with van der Waals surface area (Å²) in [7, 11) is 5.68. The highest BCUT2D eigenvalue weighted by Crippen LogP contribution is 2.26. The standard InChI is InChI=1S/C20H27F2N5O.HI/c1-23-20(24-12-17(26(2)3)18-8-5-11-28-18)25-14-9-10-27(13-14)19-15(21)6-4-7-16(19)22;/h4-8,11,14,17H,9-10,12-13H2,1-3H3,(H2,23,24,25);1H. The molecule has 0 bridgehead atoms. The number of hydrogen-bond donors (Lipinski definition) is 2. The Morgan fingerprint density at radius 2 is 2.00 bits per heavy atom. The van der Waals surface area contributed by atoms with Crippen LogP contribution in [0.3, 0.4) is 0 Å². The molecule has 1 aliphatic rings. The number of para-hydroxylation sites is 1. The van der Waals surface area contributed by atoms with Crippen LogP contribution < -0.4 is 15.5 Å². The minimum atomic E-state index is -0.532. The van der Waals surface area contributed by atoms with Gasteiger partial charge in [-0.25, -0.2) is 8.78 Å². The largest absolute Gasteiger partial charge is 0.468 e. The summed E-state index contributed by atoms with van der Waals surface area (Å²) in [4.78, 5) is 8.08. The first kappa shape index (κ1) is 23.4. The molecule has 0 radical (unpaired) electrons. The van der Waals surface area contributed by atoms with Crippen LogP contribution in [0.5, 0.6) is 0 Å². The Morgan fingerprint density at radius 1 is 1.28 bits per heavy atom. The van der Waals surface area contributed by atoms with Crippen molar-refractivity contribution in [3.8, 4) is 0 Å². The number of anilines is 1. The predicted octanol–water partition coefficient (Wildman–Crippen LogP) is 3.22. The minimum Gasteiger partial charge on any atom is -0.468 e. The van der Waals surface area contributed by atoms with E-state index in [1.807, 2.05) is 26.2 Å². The lowest BCUT2D eigenvalue weighted by Gasteiger charge is -2.25. The number of benzene rings is 1. The molecule has 0 amide bonds. The molecule has 9 heteroatoms. The topological polar surface area (TPSA) is 56.0 Å². The number of nitrogens with one attached hydrogen (secondary N) is 2. The molecule has 6 nitrogen and oxygen atoms in total. The molecule has 29 heavy (non-hydrogen) atoms. The van der Waals surface area contributed by atoms with E-state index in [4.69, 9.17) is 4.42 Å². The molecule has 1 aromatic heterocycles. The fraction of sp³-hybridized carbons (Fsp3) is 0.450. The van der Waals surface area contributed by atoms with Crippen LogP contribution in [-0.4, -0.2) is 57.7 Å².